The van der Waals surface area contributed by atoms with Crippen molar-refractivity contribution < 1.29 is 19.4 Å². The number of fused-ring (bicyclic) bond motifs is 1. The smallest absolute Gasteiger partial charge is 0.295 e. The number of rotatable bonds is 6. The van der Waals surface area contributed by atoms with Gasteiger partial charge in [-0.3, -0.25) is 9.59 Å². The predicted molar refractivity (Wildman–Crippen MR) is 125 cm³/mol. The molecule has 2 aromatic carbocycles. The second kappa shape index (κ2) is 8.81. The third-order valence-corrected chi connectivity index (χ3v) is 6.38. The first kappa shape index (κ1) is 22.1. The maximum atomic E-state index is 13.1. The van der Waals surface area contributed by atoms with Crippen molar-refractivity contribution in [2.75, 3.05) is 6.54 Å². The van der Waals surface area contributed by atoms with Gasteiger partial charge >= 0.3 is 0 Å². The molecule has 1 amide bonds. The number of likely N-dealkylation sites (tertiary alicyclic amines) is 1. The average molecular weight is 434 g/mol. The lowest BCUT2D eigenvalue weighted by Gasteiger charge is -2.25. The Kier molecular flexibility index (Phi) is 6.09. The van der Waals surface area contributed by atoms with Crippen LogP contribution in [0.2, 0.25) is 0 Å². The van der Waals surface area contributed by atoms with E-state index in [2.05, 4.69) is 20.8 Å². The number of Topliss-reactive ketones (excluding diaryl/α,β-unsaturated/α-hetero) is 1. The van der Waals surface area contributed by atoms with Gasteiger partial charge in [-0.15, -0.1) is 0 Å². The molecule has 0 aromatic heterocycles. The van der Waals surface area contributed by atoms with Gasteiger partial charge in [0, 0.05) is 18.5 Å². The molecule has 2 aliphatic heterocycles. The highest BCUT2D eigenvalue weighted by Crippen LogP contribution is 2.41. The van der Waals surface area contributed by atoms with Crippen LogP contribution in [-0.2, 0) is 16.0 Å². The third-order valence-electron chi connectivity index (χ3n) is 6.38. The topological polar surface area (TPSA) is 66.8 Å². The summed E-state index contributed by atoms with van der Waals surface area (Å²) in [5.41, 5.74) is 3.73. The van der Waals surface area contributed by atoms with Gasteiger partial charge in [-0.2, -0.15) is 0 Å². The zero-order chi connectivity index (χ0) is 23.0. The quantitative estimate of drug-likeness (QED) is 0.379. The van der Waals surface area contributed by atoms with E-state index < -0.39 is 17.7 Å². The molecule has 1 saturated heterocycles. The molecule has 4 rings (SSSR count). The van der Waals surface area contributed by atoms with Crippen LogP contribution in [0.15, 0.2) is 48.0 Å². The molecule has 2 atom stereocenters. The fraction of sp³-hybridized carbons (Fsp3) is 0.407. The maximum absolute atomic E-state index is 13.1. The minimum absolute atomic E-state index is 0.0847. The van der Waals surface area contributed by atoms with Gasteiger partial charge in [-0.05, 0) is 54.2 Å². The molecule has 0 aliphatic carbocycles. The summed E-state index contributed by atoms with van der Waals surface area (Å²) in [4.78, 5) is 27.7. The molecule has 0 saturated carbocycles. The Hall–Kier alpha value is -3.08. The van der Waals surface area contributed by atoms with E-state index in [1.807, 2.05) is 43.3 Å². The molecule has 5 nitrogen and oxygen atoms in total. The van der Waals surface area contributed by atoms with Crippen LogP contribution in [0.1, 0.15) is 74.8 Å². The molecule has 1 fully saturated rings. The maximum Gasteiger partial charge on any atom is 0.295 e. The van der Waals surface area contributed by atoms with Gasteiger partial charge in [0.25, 0.3) is 11.7 Å². The molecule has 168 valence electrons. The summed E-state index contributed by atoms with van der Waals surface area (Å²) in [6, 6.07) is 12.9. The van der Waals surface area contributed by atoms with Gasteiger partial charge < -0.3 is 14.7 Å². The molecule has 32 heavy (non-hydrogen) atoms. The first-order chi connectivity index (χ1) is 15.3. The normalized spacial score (nSPS) is 21.8. The van der Waals surface area contributed by atoms with Gasteiger partial charge in [0.1, 0.15) is 17.6 Å². The van der Waals surface area contributed by atoms with Crippen molar-refractivity contribution in [3.63, 3.8) is 0 Å². The fourth-order valence-corrected chi connectivity index (χ4v) is 4.57. The van der Waals surface area contributed by atoms with Crippen LogP contribution in [-0.4, -0.2) is 34.3 Å². The number of ether oxygens (including phenoxy) is 1. The summed E-state index contributed by atoms with van der Waals surface area (Å²) < 4.78 is 5.76. The lowest BCUT2D eigenvalue weighted by atomic mass is 9.92. The Morgan fingerprint density at radius 3 is 2.53 bits per heavy atom. The van der Waals surface area contributed by atoms with E-state index in [0.717, 1.165) is 36.1 Å². The fourth-order valence-electron chi connectivity index (χ4n) is 4.57. The molecule has 0 radical (unpaired) electrons. The monoisotopic (exact) mass is 433 g/mol. The molecule has 2 unspecified atom stereocenters. The third kappa shape index (κ3) is 3.92. The molecule has 2 aliphatic rings. The van der Waals surface area contributed by atoms with Crippen molar-refractivity contribution in [3.05, 3.63) is 70.3 Å². The van der Waals surface area contributed by atoms with Crippen LogP contribution < -0.4 is 4.74 Å². The molecule has 0 bridgehead atoms. The Labute approximate surface area is 189 Å². The molecular formula is C27H31NO4. The van der Waals surface area contributed by atoms with E-state index in [4.69, 9.17) is 4.74 Å². The van der Waals surface area contributed by atoms with Gasteiger partial charge in [0.05, 0.1) is 11.6 Å². The van der Waals surface area contributed by atoms with E-state index in [9.17, 15) is 14.7 Å². The van der Waals surface area contributed by atoms with Crippen LogP contribution in [0.25, 0.3) is 5.76 Å². The number of hydrogen-bond acceptors (Lipinski definition) is 4. The van der Waals surface area contributed by atoms with Crippen molar-refractivity contribution in [3.8, 4) is 5.75 Å². The average Bonchev–Trinajstić information content (AvgIpc) is 3.27. The highest BCUT2D eigenvalue weighted by molar-refractivity contribution is 6.46. The van der Waals surface area contributed by atoms with Gasteiger partial charge in [-0.1, -0.05) is 51.5 Å². The summed E-state index contributed by atoms with van der Waals surface area (Å²) in [7, 11) is 0. The van der Waals surface area contributed by atoms with Crippen LogP contribution in [0.3, 0.4) is 0 Å². The number of ketones is 1. The lowest BCUT2D eigenvalue weighted by molar-refractivity contribution is -0.139. The number of aliphatic hydroxyl groups excluding tert-OH is 1. The summed E-state index contributed by atoms with van der Waals surface area (Å²) in [6.45, 7) is 8.78. The summed E-state index contributed by atoms with van der Waals surface area (Å²) in [5, 5.41) is 11.3. The molecule has 5 heteroatoms. The Bertz CT molecular complexity index is 1070. The standard InChI is InChI=1S/C27H31NO4/c1-5-6-13-28-24(19-9-7-18(8-10-19)16(2)3)23(26(30)27(28)31)25(29)20-11-12-22-21(15-20)14-17(4)32-22/h7-12,15-17,24,29H,5-6,13-14H2,1-4H3/b25-23-. The first-order valence-corrected chi connectivity index (χ1v) is 11.5. The highest BCUT2D eigenvalue weighted by Gasteiger charge is 2.45. The van der Waals surface area contributed by atoms with Crippen LogP contribution in [0.4, 0.5) is 0 Å². The second-order valence-corrected chi connectivity index (χ2v) is 9.12. The number of nitrogens with zero attached hydrogens (tertiary/aromatic N) is 1. The SMILES string of the molecule is CCCCN1C(=O)C(=O)/C(=C(\O)c2ccc3c(c2)CC(C)O3)C1c1ccc(C(C)C)cc1. The van der Waals surface area contributed by atoms with E-state index >= 15 is 0 Å². The van der Waals surface area contributed by atoms with Crippen LogP contribution in [0, 0.1) is 0 Å². The minimum Gasteiger partial charge on any atom is -0.507 e. The summed E-state index contributed by atoms with van der Waals surface area (Å²) >= 11 is 0. The summed E-state index contributed by atoms with van der Waals surface area (Å²) in [6.07, 6.45) is 2.54. The lowest BCUT2D eigenvalue weighted by Crippen LogP contribution is -2.30. The second-order valence-electron chi connectivity index (χ2n) is 9.12. The number of hydrogen-bond donors (Lipinski definition) is 1. The van der Waals surface area contributed by atoms with E-state index in [1.165, 1.54) is 5.56 Å². The van der Waals surface area contributed by atoms with Crippen molar-refractivity contribution in [2.45, 2.75) is 65.0 Å². The van der Waals surface area contributed by atoms with E-state index in [-0.39, 0.29) is 17.4 Å². The zero-order valence-electron chi connectivity index (χ0n) is 19.2. The van der Waals surface area contributed by atoms with Crippen molar-refractivity contribution in [1.29, 1.82) is 0 Å². The Morgan fingerprint density at radius 2 is 1.88 bits per heavy atom. The van der Waals surface area contributed by atoms with Gasteiger partial charge in [0.2, 0.25) is 0 Å². The number of aliphatic hydroxyl groups is 1. The number of carbonyl (C=O) groups excluding carboxylic acids is 2. The molecule has 2 heterocycles. The number of carbonyl (C=O) groups is 2. The number of benzene rings is 2. The zero-order valence-corrected chi connectivity index (χ0v) is 19.2. The Morgan fingerprint density at radius 1 is 1.16 bits per heavy atom. The van der Waals surface area contributed by atoms with Crippen LogP contribution >= 0.6 is 0 Å². The predicted octanol–water partition coefficient (Wildman–Crippen LogP) is 5.36. The molecular weight excluding hydrogens is 402 g/mol. The largest absolute Gasteiger partial charge is 0.507 e. The van der Waals surface area contributed by atoms with Gasteiger partial charge in [0.15, 0.2) is 0 Å². The summed E-state index contributed by atoms with van der Waals surface area (Å²) in [5.74, 6) is -0.106. The van der Waals surface area contributed by atoms with Crippen LogP contribution in [0.5, 0.6) is 5.75 Å². The van der Waals surface area contributed by atoms with Crippen molar-refractivity contribution in [1.82, 2.24) is 4.90 Å². The van der Waals surface area contributed by atoms with Crippen molar-refractivity contribution in [2.24, 2.45) is 0 Å². The Balaban J connectivity index is 1.81. The number of unbranched alkanes of at least 4 members (excludes halogenated alkanes) is 1. The molecule has 0 spiro atoms. The molecule has 2 aromatic rings. The number of amides is 1. The van der Waals surface area contributed by atoms with Gasteiger partial charge in [-0.25, -0.2) is 0 Å². The van der Waals surface area contributed by atoms with Crippen molar-refractivity contribution >= 4 is 17.4 Å². The van der Waals surface area contributed by atoms with E-state index in [1.54, 1.807) is 11.0 Å². The first-order valence-electron chi connectivity index (χ1n) is 11.5. The minimum atomic E-state index is -0.623. The van der Waals surface area contributed by atoms with E-state index in [0.29, 0.717) is 18.0 Å². The molecule has 1 N–H and O–H groups in total. The highest BCUT2D eigenvalue weighted by atomic mass is 16.5.